The Kier molecular flexibility index (Phi) is 2.07. The van der Waals surface area contributed by atoms with Crippen molar-refractivity contribution in [1.29, 1.82) is 0 Å². The first-order chi connectivity index (χ1) is 6.07. The maximum absolute atomic E-state index is 5.99. The molecule has 1 heteroatoms. The van der Waals surface area contributed by atoms with Gasteiger partial charge in [0.15, 0.2) is 0 Å². The third-order valence-corrected chi connectivity index (χ3v) is 2.97. The number of hydrogen-bond acceptors (Lipinski definition) is 1. The highest BCUT2D eigenvalue weighted by Crippen LogP contribution is 2.38. The Hall–Kier alpha value is -0.560. The molecule has 13 heavy (non-hydrogen) atoms. The summed E-state index contributed by atoms with van der Waals surface area (Å²) in [6, 6.07) is 0. The lowest BCUT2D eigenvalue weighted by molar-refractivity contribution is 0.0000465. The molecule has 0 amide bonds. The van der Waals surface area contributed by atoms with E-state index in [9.17, 15) is 0 Å². The highest BCUT2D eigenvalue weighted by molar-refractivity contribution is 5.18. The minimum atomic E-state index is 0.277. The van der Waals surface area contributed by atoms with E-state index in [1.54, 1.807) is 0 Å². The molecule has 1 nitrogen and oxygen atoms in total. The van der Waals surface area contributed by atoms with Crippen LogP contribution in [0.25, 0.3) is 0 Å². The van der Waals surface area contributed by atoms with E-state index in [0.717, 1.165) is 0 Å². The van der Waals surface area contributed by atoms with Crippen LogP contribution in [0.1, 0.15) is 27.2 Å². The zero-order valence-electron chi connectivity index (χ0n) is 8.66. The molecule has 0 aromatic carbocycles. The molecule has 1 fully saturated rings. The third kappa shape index (κ3) is 1.71. The molecule has 2 rings (SSSR count). The van der Waals surface area contributed by atoms with Crippen molar-refractivity contribution in [3.8, 4) is 0 Å². The summed E-state index contributed by atoms with van der Waals surface area (Å²) in [5.41, 5.74) is 0.277. The van der Waals surface area contributed by atoms with Gasteiger partial charge in [-0.05, 0) is 11.8 Å². The van der Waals surface area contributed by atoms with Crippen LogP contribution >= 0.6 is 0 Å². The Morgan fingerprint density at radius 3 is 2.46 bits per heavy atom. The van der Waals surface area contributed by atoms with E-state index in [4.69, 9.17) is 4.74 Å². The van der Waals surface area contributed by atoms with Gasteiger partial charge in [0, 0.05) is 5.92 Å². The minimum absolute atomic E-state index is 0.277. The van der Waals surface area contributed by atoms with Gasteiger partial charge < -0.3 is 4.74 Å². The summed E-state index contributed by atoms with van der Waals surface area (Å²) in [6.07, 6.45) is 10.6. The van der Waals surface area contributed by atoms with E-state index >= 15 is 0 Å². The second-order valence-electron chi connectivity index (χ2n) is 5.12. The van der Waals surface area contributed by atoms with Gasteiger partial charge in [0.25, 0.3) is 0 Å². The molecular formula is C12H18O. The quantitative estimate of drug-likeness (QED) is 0.554. The van der Waals surface area contributed by atoms with Crippen molar-refractivity contribution in [3.05, 3.63) is 24.3 Å². The van der Waals surface area contributed by atoms with Gasteiger partial charge in [0.05, 0.1) is 12.2 Å². The van der Waals surface area contributed by atoms with Crippen LogP contribution in [-0.2, 0) is 4.74 Å². The van der Waals surface area contributed by atoms with Crippen molar-refractivity contribution in [2.24, 2.45) is 11.3 Å². The van der Waals surface area contributed by atoms with Crippen LogP contribution in [-0.4, -0.2) is 12.2 Å². The smallest absolute Gasteiger partial charge is 0.0826 e. The van der Waals surface area contributed by atoms with Gasteiger partial charge in [-0.1, -0.05) is 45.1 Å². The van der Waals surface area contributed by atoms with Crippen molar-refractivity contribution in [2.45, 2.75) is 39.4 Å². The molecule has 0 aromatic rings. The molecule has 2 aliphatic rings. The van der Waals surface area contributed by atoms with E-state index in [1.807, 2.05) is 0 Å². The molecule has 1 aliphatic heterocycles. The van der Waals surface area contributed by atoms with Crippen molar-refractivity contribution in [2.75, 3.05) is 0 Å². The Bertz CT molecular complexity index is 224. The van der Waals surface area contributed by atoms with Crippen LogP contribution in [0.5, 0.6) is 0 Å². The molecule has 1 heterocycles. The first-order valence-electron chi connectivity index (χ1n) is 5.08. The van der Waals surface area contributed by atoms with Crippen molar-refractivity contribution >= 4 is 0 Å². The van der Waals surface area contributed by atoms with Crippen LogP contribution < -0.4 is 0 Å². The highest BCUT2D eigenvalue weighted by Gasteiger charge is 2.38. The SMILES string of the molecule is CC(C)(C)C1CC2C=CC=CC2O1. The van der Waals surface area contributed by atoms with Gasteiger partial charge in [0.2, 0.25) is 0 Å². The zero-order chi connectivity index (χ0) is 9.47. The summed E-state index contributed by atoms with van der Waals surface area (Å²) >= 11 is 0. The number of ether oxygens (including phenoxy) is 1. The third-order valence-electron chi connectivity index (χ3n) is 2.97. The van der Waals surface area contributed by atoms with Crippen LogP contribution in [0.15, 0.2) is 24.3 Å². The van der Waals surface area contributed by atoms with E-state index in [1.165, 1.54) is 6.42 Å². The van der Waals surface area contributed by atoms with E-state index < -0.39 is 0 Å². The second-order valence-corrected chi connectivity index (χ2v) is 5.12. The van der Waals surface area contributed by atoms with Gasteiger partial charge in [-0.25, -0.2) is 0 Å². The molecule has 0 radical (unpaired) electrons. The largest absolute Gasteiger partial charge is 0.370 e. The van der Waals surface area contributed by atoms with Crippen molar-refractivity contribution in [3.63, 3.8) is 0 Å². The molecule has 0 saturated carbocycles. The van der Waals surface area contributed by atoms with E-state index in [2.05, 4.69) is 45.1 Å². The number of allylic oxidation sites excluding steroid dienone is 2. The Morgan fingerprint density at radius 1 is 1.15 bits per heavy atom. The first kappa shape index (κ1) is 9.01. The van der Waals surface area contributed by atoms with Gasteiger partial charge in [-0.2, -0.15) is 0 Å². The Balaban J connectivity index is 2.09. The summed E-state index contributed by atoms with van der Waals surface area (Å²) in [4.78, 5) is 0. The second kappa shape index (κ2) is 2.98. The van der Waals surface area contributed by atoms with Crippen LogP contribution in [0.4, 0.5) is 0 Å². The standard InChI is InChI=1S/C12H18O/c1-12(2,3)11-8-9-6-4-5-7-10(9)13-11/h4-7,9-11H,8H2,1-3H3. The molecule has 1 saturated heterocycles. The minimum Gasteiger partial charge on any atom is -0.370 e. The van der Waals surface area contributed by atoms with Crippen LogP contribution in [0.2, 0.25) is 0 Å². The van der Waals surface area contributed by atoms with Crippen molar-refractivity contribution in [1.82, 2.24) is 0 Å². The molecule has 1 aliphatic carbocycles. The van der Waals surface area contributed by atoms with E-state index in [-0.39, 0.29) is 5.41 Å². The summed E-state index contributed by atoms with van der Waals surface area (Å²) in [6.45, 7) is 6.76. The lowest BCUT2D eigenvalue weighted by atomic mass is 9.84. The Morgan fingerprint density at radius 2 is 1.85 bits per heavy atom. The molecule has 0 spiro atoms. The maximum atomic E-state index is 5.99. The Labute approximate surface area is 80.5 Å². The fourth-order valence-corrected chi connectivity index (χ4v) is 2.04. The maximum Gasteiger partial charge on any atom is 0.0826 e. The molecule has 0 aromatic heterocycles. The number of fused-ring (bicyclic) bond motifs is 1. The number of hydrogen-bond donors (Lipinski definition) is 0. The van der Waals surface area contributed by atoms with Gasteiger partial charge in [0.1, 0.15) is 0 Å². The number of rotatable bonds is 0. The first-order valence-corrected chi connectivity index (χ1v) is 5.08. The van der Waals surface area contributed by atoms with Crippen LogP contribution in [0, 0.1) is 11.3 Å². The summed E-state index contributed by atoms with van der Waals surface area (Å²) < 4.78 is 5.99. The fraction of sp³-hybridized carbons (Fsp3) is 0.667. The van der Waals surface area contributed by atoms with Crippen LogP contribution in [0.3, 0.4) is 0 Å². The molecule has 3 atom stereocenters. The van der Waals surface area contributed by atoms with Gasteiger partial charge >= 0.3 is 0 Å². The van der Waals surface area contributed by atoms with Gasteiger partial charge in [-0.15, -0.1) is 0 Å². The normalized spacial score (nSPS) is 37.9. The molecule has 0 N–H and O–H groups in total. The summed E-state index contributed by atoms with van der Waals surface area (Å²) in [7, 11) is 0. The molecule has 0 bridgehead atoms. The monoisotopic (exact) mass is 178 g/mol. The highest BCUT2D eigenvalue weighted by atomic mass is 16.5. The molecule has 3 unspecified atom stereocenters. The molecule has 72 valence electrons. The fourth-order valence-electron chi connectivity index (χ4n) is 2.04. The summed E-state index contributed by atoms with van der Waals surface area (Å²) in [5, 5.41) is 0. The van der Waals surface area contributed by atoms with E-state index in [0.29, 0.717) is 18.1 Å². The van der Waals surface area contributed by atoms with Gasteiger partial charge in [-0.3, -0.25) is 0 Å². The predicted molar refractivity (Wildman–Crippen MR) is 54.5 cm³/mol. The predicted octanol–water partition coefficient (Wildman–Crippen LogP) is 2.93. The summed E-state index contributed by atoms with van der Waals surface area (Å²) in [5.74, 6) is 0.620. The topological polar surface area (TPSA) is 9.23 Å². The lowest BCUT2D eigenvalue weighted by Crippen LogP contribution is -2.26. The average Bonchev–Trinajstić information content (AvgIpc) is 2.45. The average molecular weight is 178 g/mol. The zero-order valence-corrected chi connectivity index (χ0v) is 8.66. The molecular weight excluding hydrogens is 160 g/mol. The lowest BCUT2D eigenvalue weighted by Gasteiger charge is -2.26. The van der Waals surface area contributed by atoms with Crippen molar-refractivity contribution < 1.29 is 4.74 Å².